The molecule has 0 saturated carbocycles. The third-order valence-corrected chi connectivity index (χ3v) is 5.07. The molecule has 0 saturated heterocycles. The number of nitrogens with two attached hydrogens (primary N) is 1. The van der Waals surface area contributed by atoms with Crippen LogP contribution in [0.25, 0.3) is 0 Å². The minimum Gasteiger partial charge on any atom is -0.480 e. The number of thioether (sulfide) groups is 1. The lowest BCUT2D eigenvalue weighted by Gasteiger charge is -2.12. The molecule has 162 valence electrons. The number of hydrogen-bond acceptors (Lipinski definition) is 8. The van der Waals surface area contributed by atoms with Crippen LogP contribution in [0.3, 0.4) is 0 Å². The van der Waals surface area contributed by atoms with Crippen molar-refractivity contribution in [2.24, 2.45) is 10.7 Å². The molecule has 10 nitrogen and oxygen atoms in total. The van der Waals surface area contributed by atoms with Crippen LogP contribution < -0.4 is 21.1 Å². The summed E-state index contributed by atoms with van der Waals surface area (Å²) in [6.45, 7) is 2.66. The summed E-state index contributed by atoms with van der Waals surface area (Å²) < 4.78 is 43.3. The van der Waals surface area contributed by atoms with Gasteiger partial charge in [-0.1, -0.05) is 24.4 Å². The molecule has 0 fully saturated rings. The van der Waals surface area contributed by atoms with E-state index in [9.17, 15) is 22.6 Å². The van der Waals surface area contributed by atoms with Crippen molar-refractivity contribution >= 4 is 40.2 Å². The smallest absolute Gasteiger partial charge is 0.325 e. The van der Waals surface area contributed by atoms with Crippen molar-refractivity contribution in [3.8, 4) is 6.07 Å². The van der Waals surface area contributed by atoms with Crippen LogP contribution >= 0.6 is 11.8 Å². The van der Waals surface area contributed by atoms with Crippen LogP contribution in [0.5, 0.6) is 0 Å². The number of amides is 1. The van der Waals surface area contributed by atoms with Gasteiger partial charge in [0.15, 0.2) is 0 Å². The van der Waals surface area contributed by atoms with E-state index in [0.717, 1.165) is 30.0 Å². The zero-order valence-electron chi connectivity index (χ0n) is 15.3. The number of carbonyl (C=O) groups excluding carboxylic acids is 1. The molecule has 0 radical (unpaired) electrons. The van der Waals surface area contributed by atoms with E-state index in [2.05, 4.69) is 21.6 Å². The van der Waals surface area contributed by atoms with Crippen molar-refractivity contribution in [1.29, 1.82) is 5.26 Å². The second-order valence-electron chi connectivity index (χ2n) is 5.38. The molecular weight excluding hydrogens is 442 g/mol. The van der Waals surface area contributed by atoms with Crippen molar-refractivity contribution < 1.29 is 27.7 Å². The van der Waals surface area contributed by atoms with Crippen LogP contribution in [-0.2, 0) is 20.6 Å². The first kappa shape index (κ1) is 25.2. The highest BCUT2D eigenvalue weighted by atomic mass is 32.2. The van der Waals surface area contributed by atoms with Gasteiger partial charge in [0.1, 0.15) is 41.0 Å². The highest BCUT2D eigenvalue weighted by Gasteiger charge is 2.22. The van der Waals surface area contributed by atoms with Gasteiger partial charge < -0.3 is 16.2 Å². The van der Waals surface area contributed by atoms with Crippen LogP contribution in [0.2, 0.25) is 0 Å². The molecule has 6 N–H and O–H groups in total. The van der Waals surface area contributed by atoms with Crippen molar-refractivity contribution in [3.63, 3.8) is 0 Å². The normalized spacial score (nSPS) is 18.2. The Balaban J connectivity index is 2.72. The van der Waals surface area contributed by atoms with Gasteiger partial charge in [0, 0.05) is 0 Å². The first-order valence-corrected chi connectivity index (χ1v) is 10.1. The topological polar surface area (TPSA) is 170 Å². The fourth-order valence-corrected chi connectivity index (χ4v) is 3.30. The van der Waals surface area contributed by atoms with Gasteiger partial charge in [-0.2, -0.15) is 5.26 Å². The van der Waals surface area contributed by atoms with Gasteiger partial charge >= 0.3 is 5.97 Å². The lowest BCUT2D eigenvalue weighted by Crippen LogP contribution is -2.42. The van der Waals surface area contributed by atoms with Crippen molar-refractivity contribution in [1.82, 2.24) is 15.4 Å². The maximum Gasteiger partial charge on any atom is 0.325 e. The molecule has 1 aliphatic carbocycles. The molecule has 30 heavy (non-hydrogen) atoms. The average molecular weight is 460 g/mol. The van der Waals surface area contributed by atoms with E-state index in [1.807, 2.05) is 5.32 Å². The molecule has 0 aromatic heterocycles. The van der Waals surface area contributed by atoms with Gasteiger partial charge in [0.2, 0.25) is 5.91 Å². The number of halogens is 2. The van der Waals surface area contributed by atoms with E-state index in [0.29, 0.717) is 0 Å². The molecule has 1 aliphatic rings. The molecule has 0 heterocycles. The van der Waals surface area contributed by atoms with Gasteiger partial charge in [0.05, 0.1) is 28.4 Å². The first-order valence-electron chi connectivity index (χ1n) is 8.01. The fourth-order valence-electron chi connectivity index (χ4n) is 1.76. The van der Waals surface area contributed by atoms with E-state index in [-0.39, 0.29) is 5.03 Å². The second kappa shape index (κ2) is 12.6. The molecule has 0 bridgehead atoms. The van der Waals surface area contributed by atoms with Gasteiger partial charge in [-0.15, -0.1) is 0 Å². The van der Waals surface area contributed by atoms with E-state index >= 15 is 0 Å². The van der Waals surface area contributed by atoms with E-state index in [1.54, 1.807) is 6.07 Å². The van der Waals surface area contributed by atoms with Crippen molar-refractivity contribution in [2.45, 2.75) is 11.4 Å². The van der Waals surface area contributed by atoms with Gasteiger partial charge in [-0.3, -0.25) is 24.6 Å². The number of hydrogen-bond donors (Lipinski definition) is 5. The maximum atomic E-state index is 14.4. The number of aliphatic imine (C=N–C) groups is 1. The summed E-state index contributed by atoms with van der Waals surface area (Å²) in [4.78, 5) is 25.7. The number of nitrogens with one attached hydrogen (secondary N) is 3. The Morgan fingerprint density at radius 2 is 2.23 bits per heavy atom. The number of carboxylic acid groups (broad SMARTS) is 1. The SMILES string of the molecule is C=C(NS(=O)C1C=CC(F)=C(NC(=O)CNC(N)C#N)C(F)=C1)SC=NCC(=O)O. The van der Waals surface area contributed by atoms with Crippen LogP contribution in [0, 0.1) is 11.3 Å². The minimum absolute atomic E-state index is 0.135. The Labute approximate surface area is 177 Å². The lowest BCUT2D eigenvalue weighted by molar-refractivity contribution is -0.135. The Morgan fingerprint density at radius 1 is 1.53 bits per heavy atom. The highest BCUT2D eigenvalue weighted by Crippen LogP contribution is 2.22. The summed E-state index contributed by atoms with van der Waals surface area (Å²) in [6, 6.07) is 1.63. The molecule has 0 aliphatic heterocycles. The zero-order chi connectivity index (χ0) is 22.7. The molecule has 0 aromatic rings. The Hall–Kier alpha value is -2.86. The third-order valence-electron chi connectivity index (χ3n) is 3.06. The van der Waals surface area contributed by atoms with Crippen LogP contribution in [0.15, 0.2) is 52.2 Å². The largest absolute Gasteiger partial charge is 0.480 e. The maximum absolute atomic E-state index is 14.4. The highest BCUT2D eigenvalue weighted by molar-refractivity contribution is 8.15. The third kappa shape index (κ3) is 9.09. The fraction of sp³-hybridized carbons (Fsp3) is 0.250. The molecule has 0 spiro atoms. The molecule has 14 heteroatoms. The Morgan fingerprint density at radius 3 is 2.87 bits per heavy atom. The van der Waals surface area contributed by atoms with Crippen LogP contribution in [0.1, 0.15) is 0 Å². The molecule has 3 unspecified atom stereocenters. The van der Waals surface area contributed by atoms with E-state index in [4.69, 9.17) is 16.1 Å². The summed E-state index contributed by atoms with van der Waals surface area (Å²) in [5, 5.41) is 20.4. The summed E-state index contributed by atoms with van der Waals surface area (Å²) >= 11 is 0.862. The first-order chi connectivity index (χ1) is 14.1. The van der Waals surface area contributed by atoms with Crippen LogP contribution in [0.4, 0.5) is 8.78 Å². The van der Waals surface area contributed by atoms with Gasteiger partial charge in [-0.05, 0) is 12.2 Å². The number of carboxylic acids is 1. The lowest BCUT2D eigenvalue weighted by atomic mass is 10.3. The van der Waals surface area contributed by atoms with Crippen molar-refractivity contribution in [2.75, 3.05) is 13.1 Å². The number of rotatable bonds is 11. The number of nitriles is 1. The second-order valence-corrected chi connectivity index (χ2v) is 7.66. The monoisotopic (exact) mass is 460 g/mol. The molecular formula is C16H18F2N6O4S2. The molecule has 1 rings (SSSR count). The number of allylic oxidation sites excluding steroid dienone is 3. The average Bonchev–Trinajstić information content (AvgIpc) is 2.82. The standard InChI is InChI=1S/C16H18F2N6O4S2/c1-9(29-8-21-7-15(26)27)24-30(28)10-2-3-11(17)16(12(18)4-10)23-14(25)6-22-13(20)5-19/h2-4,8,10,13,22,24H,1,6-7,20H2,(H,23,25)(H,26,27). The Bertz CT molecular complexity index is 881. The number of aliphatic carboxylic acids is 1. The molecule has 0 aromatic carbocycles. The number of nitrogens with zero attached hydrogens (tertiary/aromatic N) is 2. The predicted octanol–water partition coefficient (Wildman–Crippen LogP) is 0.0441. The van der Waals surface area contributed by atoms with Crippen LogP contribution in [-0.4, -0.2) is 51.2 Å². The molecule has 1 amide bonds. The zero-order valence-corrected chi connectivity index (χ0v) is 16.9. The predicted molar refractivity (Wildman–Crippen MR) is 109 cm³/mol. The number of carbonyl (C=O) groups is 2. The van der Waals surface area contributed by atoms with Gasteiger partial charge in [0.25, 0.3) is 0 Å². The summed E-state index contributed by atoms with van der Waals surface area (Å²) in [6.07, 6.45) is 1.69. The van der Waals surface area contributed by atoms with Gasteiger partial charge in [-0.25, -0.2) is 13.0 Å². The molecule has 3 atom stereocenters. The van der Waals surface area contributed by atoms with E-state index in [1.165, 1.54) is 5.55 Å². The quantitative estimate of drug-likeness (QED) is 0.163. The Kier molecular flexibility index (Phi) is 10.6. The van der Waals surface area contributed by atoms with E-state index < -0.39 is 64.7 Å². The summed E-state index contributed by atoms with van der Waals surface area (Å²) in [5.74, 6) is -4.22. The minimum atomic E-state index is -1.96. The summed E-state index contributed by atoms with van der Waals surface area (Å²) in [7, 11) is -1.96. The summed E-state index contributed by atoms with van der Waals surface area (Å²) in [5.41, 5.74) is 5.69. The van der Waals surface area contributed by atoms with Crippen molar-refractivity contribution in [3.05, 3.63) is 47.2 Å².